The molecule has 138 valence electrons. The lowest BCUT2D eigenvalue weighted by Crippen LogP contribution is -2.52. The number of nitrogens with one attached hydrogen (secondary N) is 1. The summed E-state index contributed by atoms with van der Waals surface area (Å²) in [6.07, 6.45) is 0.673. The van der Waals surface area contributed by atoms with E-state index in [1.54, 1.807) is 0 Å². The molecule has 0 spiro atoms. The highest BCUT2D eigenvalue weighted by atomic mass is 32.2. The molecule has 2 aliphatic heterocycles. The molecule has 0 saturated carbocycles. The summed E-state index contributed by atoms with van der Waals surface area (Å²) in [5, 5.41) is 2.45. The Bertz CT molecular complexity index is 749. The van der Waals surface area contributed by atoms with Crippen LogP contribution < -0.4 is 5.32 Å². The van der Waals surface area contributed by atoms with E-state index in [1.807, 2.05) is 4.90 Å². The molecule has 2 aliphatic rings. The van der Waals surface area contributed by atoms with Crippen LogP contribution in [0.3, 0.4) is 0 Å². The first-order valence-corrected chi connectivity index (χ1v) is 10.1. The van der Waals surface area contributed by atoms with Crippen LogP contribution in [0.4, 0.5) is 14.5 Å². The minimum absolute atomic E-state index is 0.0406. The number of carbonyl (C=O) groups excluding carboxylic acids is 1. The van der Waals surface area contributed by atoms with E-state index >= 15 is 0 Å². The molecule has 25 heavy (non-hydrogen) atoms. The van der Waals surface area contributed by atoms with E-state index in [0.29, 0.717) is 32.6 Å². The minimum Gasteiger partial charge on any atom is -0.322 e. The van der Waals surface area contributed by atoms with Gasteiger partial charge in [0.05, 0.1) is 23.7 Å². The van der Waals surface area contributed by atoms with Gasteiger partial charge < -0.3 is 5.32 Å². The van der Waals surface area contributed by atoms with Crippen LogP contribution in [0.15, 0.2) is 18.2 Å². The zero-order valence-corrected chi connectivity index (χ0v) is 14.6. The first-order chi connectivity index (χ1) is 11.8. The van der Waals surface area contributed by atoms with E-state index < -0.39 is 21.5 Å². The Kier molecular flexibility index (Phi) is 5.35. The summed E-state index contributed by atoms with van der Waals surface area (Å²) < 4.78 is 49.6. The molecule has 9 heteroatoms. The number of nitrogens with zero attached hydrogens (tertiary/aromatic N) is 2. The van der Waals surface area contributed by atoms with Gasteiger partial charge in [-0.3, -0.25) is 14.6 Å². The monoisotopic (exact) mass is 373 g/mol. The number of sulfone groups is 1. The van der Waals surface area contributed by atoms with Crippen LogP contribution in [0.5, 0.6) is 0 Å². The molecule has 1 aromatic carbocycles. The fourth-order valence-corrected chi connectivity index (χ4v) is 5.10. The molecule has 2 saturated heterocycles. The lowest BCUT2D eigenvalue weighted by atomic mass is 10.2. The summed E-state index contributed by atoms with van der Waals surface area (Å²) in [5.41, 5.74) is -0.0406. The van der Waals surface area contributed by atoms with Crippen LogP contribution in [0.2, 0.25) is 0 Å². The van der Waals surface area contributed by atoms with Crippen molar-refractivity contribution in [2.75, 3.05) is 49.5 Å². The van der Waals surface area contributed by atoms with Gasteiger partial charge in [-0.05, 0) is 18.6 Å². The number of halogens is 2. The number of amides is 1. The standard InChI is InChI=1S/C16H21F2N3O3S/c17-12-1-2-15(14(18)9-12)19-16(22)10-20-4-6-21(7-5-20)13-3-8-25(23,24)11-13/h1-2,9,13H,3-8,10-11H2,(H,19,22)/t13-/m0/s1. The number of benzene rings is 1. The molecule has 0 unspecified atom stereocenters. The van der Waals surface area contributed by atoms with Gasteiger partial charge in [0.15, 0.2) is 9.84 Å². The van der Waals surface area contributed by atoms with Crippen molar-refractivity contribution < 1.29 is 22.0 Å². The molecule has 1 amide bonds. The second-order valence-electron chi connectivity index (χ2n) is 6.54. The first kappa shape index (κ1) is 18.2. The number of piperazine rings is 1. The molecule has 3 rings (SSSR count). The van der Waals surface area contributed by atoms with Crippen molar-refractivity contribution in [3.05, 3.63) is 29.8 Å². The Hall–Kier alpha value is -1.58. The van der Waals surface area contributed by atoms with E-state index in [-0.39, 0.29) is 35.7 Å². The average Bonchev–Trinajstić information content (AvgIpc) is 2.91. The first-order valence-electron chi connectivity index (χ1n) is 8.24. The van der Waals surface area contributed by atoms with Crippen LogP contribution in [0, 0.1) is 11.6 Å². The normalized spacial score (nSPS) is 24.3. The lowest BCUT2D eigenvalue weighted by molar-refractivity contribution is -0.117. The van der Waals surface area contributed by atoms with E-state index in [1.165, 1.54) is 6.07 Å². The largest absolute Gasteiger partial charge is 0.322 e. The molecule has 2 fully saturated rings. The van der Waals surface area contributed by atoms with Gasteiger partial charge in [-0.1, -0.05) is 0 Å². The summed E-state index contributed by atoms with van der Waals surface area (Å²) >= 11 is 0. The highest BCUT2D eigenvalue weighted by Gasteiger charge is 2.33. The summed E-state index contributed by atoms with van der Waals surface area (Å²) in [4.78, 5) is 16.1. The van der Waals surface area contributed by atoms with Gasteiger partial charge in [0, 0.05) is 38.3 Å². The number of hydrogen-bond donors (Lipinski definition) is 1. The molecular formula is C16H21F2N3O3S. The third kappa shape index (κ3) is 4.74. The van der Waals surface area contributed by atoms with E-state index in [4.69, 9.17) is 0 Å². The highest BCUT2D eigenvalue weighted by Crippen LogP contribution is 2.19. The van der Waals surface area contributed by atoms with Crippen LogP contribution in [0.1, 0.15) is 6.42 Å². The van der Waals surface area contributed by atoms with Crippen LogP contribution in [-0.4, -0.2) is 74.4 Å². The average molecular weight is 373 g/mol. The Labute approximate surface area is 145 Å². The van der Waals surface area contributed by atoms with E-state index in [9.17, 15) is 22.0 Å². The summed E-state index contributed by atoms with van der Waals surface area (Å²) in [6.45, 7) is 2.83. The van der Waals surface area contributed by atoms with Crippen molar-refractivity contribution in [1.29, 1.82) is 0 Å². The fraction of sp³-hybridized carbons (Fsp3) is 0.562. The Morgan fingerprint density at radius 3 is 2.52 bits per heavy atom. The topological polar surface area (TPSA) is 69.7 Å². The van der Waals surface area contributed by atoms with Gasteiger partial charge >= 0.3 is 0 Å². The van der Waals surface area contributed by atoms with Gasteiger partial charge in [0.2, 0.25) is 5.91 Å². The maximum Gasteiger partial charge on any atom is 0.238 e. The van der Waals surface area contributed by atoms with Gasteiger partial charge in [0.25, 0.3) is 0 Å². The maximum atomic E-state index is 13.6. The van der Waals surface area contributed by atoms with Crippen LogP contribution >= 0.6 is 0 Å². The predicted octanol–water partition coefficient (Wildman–Crippen LogP) is 0.708. The van der Waals surface area contributed by atoms with Crippen molar-refractivity contribution in [3.8, 4) is 0 Å². The zero-order valence-electron chi connectivity index (χ0n) is 13.7. The predicted molar refractivity (Wildman–Crippen MR) is 90.1 cm³/mol. The van der Waals surface area contributed by atoms with Crippen LogP contribution in [0.25, 0.3) is 0 Å². The fourth-order valence-electron chi connectivity index (χ4n) is 3.33. The molecule has 1 N–H and O–H groups in total. The molecule has 6 nitrogen and oxygen atoms in total. The van der Waals surface area contributed by atoms with E-state index in [2.05, 4.69) is 10.2 Å². The van der Waals surface area contributed by atoms with Crippen molar-refractivity contribution in [3.63, 3.8) is 0 Å². The number of carbonyl (C=O) groups is 1. The molecule has 0 aliphatic carbocycles. The Morgan fingerprint density at radius 2 is 1.92 bits per heavy atom. The van der Waals surface area contributed by atoms with Crippen molar-refractivity contribution >= 4 is 21.4 Å². The third-order valence-corrected chi connectivity index (χ3v) is 6.45. The van der Waals surface area contributed by atoms with Crippen LogP contribution in [-0.2, 0) is 14.6 Å². The van der Waals surface area contributed by atoms with Gasteiger partial charge in [0.1, 0.15) is 11.6 Å². The number of anilines is 1. The van der Waals surface area contributed by atoms with Gasteiger partial charge in [-0.2, -0.15) is 0 Å². The quantitative estimate of drug-likeness (QED) is 0.842. The second-order valence-corrected chi connectivity index (χ2v) is 8.77. The molecular weight excluding hydrogens is 352 g/mol. The molecule has 1 atom stereocenters. The number of hydrogen-bond acceptors (Lipinski definition) is 5. The summed E-state index contributed by atoms with van der Waals surface area (Å²) in [6, 6.07) is 3.09. The van der Waals surface area contributed by atoms with Crippen molar-refractivity contribution in [2.45, 2.75) is 12.5 Å². The molecule has 0 bridgehead atoms. The molecule has 2 heterocycles. The SMILES string of the molecule is O=C(CN1CCN([C@H]2CCS(=O)(=O)C2)CC1)Nc1ccc(F)cc1F. The van der Waals surface area contributed by atoms with Gasteiger partial charge in [-0.15, -0.1) is 0 Å². The molecule has 0 radical (unpaired) electrons. The van der Waals surface area contributed by atoms with Crippen molar-refractivity contribution in [2.24, 2.45) is 0 Å². The maximum absolute atomic E-state index is 13.6. The second kappa shape index (κ2) is 7.35. The highest BCUT2D eigenvalue weighted by molar-refractivity contribution is 7.91. The zero-order chi connectivity index (χ0) is 18.0. The number of rotatable bonds is 4. The van der Waals surface area contributed by atoms with E-state index in [0.717, 1.165) is 12.1 Å². The Balaban J connectivity index is 1.46. The molecule has 1 aromatic rings. The Morgan fingerprint density at radius 1 is 1.20 bits per heavy atom. The summed E-state index contributed by atoms with van der Waals surface area (Å²) in [5.74, 6) is -1.38. The third-order valence-electron chi connectivity index (χ3n) is 4.70. The molecule has 0 aromatic heterocycles. The minimum atomic E-state index is -2.90. The smallest absolute Gasteiger partial charge is 0.238 e. The van der Waals surface area contributed by atoms with Gasteiger partial charge in [-0.25, -0.2) is 17.2 Å². The van der Waals surface area contributed by atoms with Crippen molar-refractivity contribution in [1.82, 2.24) is 9.80 Å². The summed E-state index contributed by atoms with van der Waals surface area (Å²) in [7, 11) is -2.90. The lowest BCUT2D eigenvalue weighted by Gasteiger charge is -2.37.